The van der Waals surface area contributed by atoms with Crippen molar-refractivity contribution >= 4 is 21.4 Å². The molecule has 1 unspecified atom stereocenters. The van der Waals surface area contributed by atoms with E-state index < -0.39 is 9.84 Å². The minimum atomic E-state index is -3.21. The lowest BCUT2D eigenvalue weighted by molar-refractivity contribution is 0.404. The SMILES string of the molecule is O=S(=O)(CC1CCCNC1)c1cccc(Cl)c1. The van der Waals surface area contributed by atoms with Crippen LogP contribution < -0.4 is 5.32 Å². The van der Waals surface area contributed by atoms with Gasteiger partial charge in [0.15, 0.2) is 9.84 Å². The maximum Gasteiger partial charge on any atom is 0.178 e. The van der Waals surface area contributed by atoms with Gasteiger partial charge in [-0.1, -0.05) is 17.7 Å². The van der Waals surface area contributed by atoms with Crippen LogP contribution in [0.2, 0.25) is 5.02 Å². The predicted octanol–water partition coefficient (Wildman–Crippen LogP) is 2.11. The Morgan fingerprint density at radius 1 is 1.41 bits per heavy atom. The van der Waals surface area contributed by atoms with Crippen molar-refractivity contribution in [3.63, 3.8) is 0 Å². The molecule has 0 amide bonds. The summed E-state index contributed by atoms with van der Waals surface area (Å²) >= 11 is 5.82. The van der Waals surface area contributed by atoms with E-state index >= 15 is 0 Å². The Bertz CT molecular complexity index is 481. The topological polar surface area (TPSA) is 46.2 Å². The van der Waals surface area contributed by atoms with Crippen molar-refractivity contribution in [1.29, 1.82) is 0 Å². The lowest BCUT2D eigenvalue weighted by Gasteiger charge is -2.22. The second kappa shape index (κ2) is 5.38. The quantitative estimate of drug-likeness (QED) is 0.918. The summed E-state index contributed by atoms with van der Waals surface area (Å²) < 4.78 is 24.3. The average Bonchev–Trinajstić information content (AvgIpc) is 2.30. The Hall–Kier alpha value is -0.580. The number of nitrogens with one attached hydrogen (secondary N) is 1. The summed E-state index contributed by atoms with van der Waals surface area (Å²) in [7, 11) is -3.21. The standard InChI is InChI=1S/C12H16ClNO2S/c13-11-4-1-5-12(7-11)17(15,16)9-10-3-2-6-14-8-10/h1,4-5,7,10,14H,2-3,6,8-9H2. The molecule has 1 aromatic rings. The molecule has 1 N–H and O–H groups in total. The van der Waals surface area contributed by atoms with E-state index in [4.69, 9.17) is 11.6 Å². The van der Waals surface area contributed by atoms with E-state index in [2.05, 4.69) is 5.32 Å². The van der Waals surface area contributed by atoms with Crippen molar-refractivity contribution in [2.45, 2.75) is 17.7 Å². The zero-order chi connectivity index (χ0) is 12.3. The molecule has 1 aliphatic heterocycles. The Morgan fingerprint density at radius 3 is 2.88 bits per heavy atom. The molecular formula is C12H16ClNO2S. The second-order valence-corrected chi connectivity index (χ2v) is 6.92. The zero-order valence-electron chi connectivity index (χ0n) is 9.52. The first kappa shape index (κ1) is 12.9. The molecule has 1 saturated heterocycles. The first-order valence-electron chi connectivity index (χ1n) is 5.77. The number of rotatable bonds is 3. The van der Waals surface area contributed by atoms with Gasteiger partial charge in [-0.25, -0.2) is 8.42 Å². The lowest BCUT2D eigenvalue weighted by atomic mass is 10.0. The Balaban J connectivity index is 2.13. The number of sulfone groups is 1. The maximum atomic E-state index is 12.2. The minimum absolute atomic E-state index is 0.209. The molecule has 5 heteroatoms. The number of halogens is 1. The summed E-state index contributed by atoms with van der Waals surface area (Å²) in [5.41, 5.74) is 0. The fraction of sp³-hybridized carbons (Fsp3) is 0.500. The van der Waals surface area contributed by atoms with Crippen molar-refractivity contribution < 1.29 is 8.42 Å². The van der Waals surface area contributed by atoms with Gasteiger partial charge in [-0.3, -0.25) is 0 Å². The van der Waals surface area contributed by atoms with Crippen molar-refractivity contribution in [2.75, 3.05) is 18.8 Å². The van der Waals surface area contributed by atoms with Crippen LogP contribution in [0.3, 0.4) is 0 Å². The molecule has 1 aliphatic rings. The van der Waals surface area contributed by atoms with Crippen molar-refractivity contribution in [2.24, 2.45) is 5.92 Å². The van der Waals surface area contributed by atoms with Gasteiger partial charge in [0.05, 0.1) is 10.6 Å². The van der Waals surface area contributed by atoms with Crippen LogP contribution in [0.1, 0.15) is 12.8 Å². The smallest absolute Gasteiger partial charge is 0.178 e. The van der Waals surface area contributed by atoms with Gasteiger partial charge in [-0.05, 0) is 50.0 Å². The molecule has 17 heavy (non-hydrogen) atoms. The van der Waals surface area contributed by atoms with Crippen LogP contribution in [0.4, 0.5) is 0 Å². The van der Waals surface area contributed by atoms with E-state index in [0.29, 0.717) is 9.92 Å². The number of piperidine rings is 1. The second-order valence-electron chi connectivity index (χ2n) is 4.45. The van der Waals surface area contributed by atoms with E-state index in [1.807, 2.05) is 0 Å². The van der Waals surface area contributed by atoms with E-state index in [1.165, 1.54) is 6.07 Å². The van der Waals surface area contributed by atoms with Gasteiger partial charge >= 0.3 is 0 Å². The fourth-order valence-corrected chi connectivity index (χ4v) is 4.08. The maximum absolute atomic E-state index is 12.2. The molecule has 0 aromatic heterocycles. The fourth-order valence-electron chi connectivity index (χ4n) is 2.13. The largest absolute Gasteiger partial charge is 0.316 e. The summed E-state index contributed by atoms with van der Waals surface area (Å²) in [5.74, 6) is 0.424. The molecule has 94 valence electrons. The lowest BCUT2D eigenvalue weighted by Crippen LogP contribution is -2.33. The highest BCUT2D eigenvalue weighted by Crippen LogP contribution is 2.21. The van der Waals surface area contributed by atoms with Gasteiger partial charge in [0.1, 0.15) is 0 Å². The van der Waals surface area contributed by atoms with Crippen LogP contribution in [0, 0.1) is 5.92 Å². The van der Waals surface area contributed by atoms with Crippen LogP contribution in [0.15, 0.2) is 29.2 Å². The highest BCUT2D eigenvalue weighted by Gasteiger charge is 2.22. The molecule has 1 heterocycles. The molecule has 0 bridgehead atoms. The Labute approximate surface area is 107 Å². The van der Waals surface area contributed by atoms with Crippen molar-refractivity contribution in [3.05, 3.63) is 29.3 Å². The molecule has 1 aromatic carbocycles. The number of hydrogen-bond donors (Lipinski definition) is 1. The van der Waals surface area contributed by atoms with E-state index in [-0.39, 0.29) is 11.7 Å². The summed E-state index contributed by atoms with van der Waals surface area (Å²) in [6, 6.07) is 6.49. The van der Waals surface area contributed by atoms with E-state index in [0.717, 1.165) is 25.9 Å². The van der Waals surface area contributed by atoms with Crippen LogP contribution >= 0.6 is 11.6 Å². The minimum Gasteiger partial charge on any atom is -0.316 e. The Kier molecular flexibility index (Phi) is 4.07. The van der Waals surface area contributed by atoms with Crippen molar-refractivity contribution in [1.82, 2.24) is 5.32 Å². The third kappa shape index (κ3) is 3.44. The van der Waals surface area contributed by atoms with Crippen LogP contribution in [-0.2, 0) is 9.84 Å². The number of hydrogen-bond acceptors (Lipinski definition) is 3. The van der Waals surface area contributed by atoms with E-state index in [1.54, 1.807) is 18.2 Å². The Morgan fingerprint density at radius 2 is 2.24 bits per heavy atom. The molecule has 1 atom stereocenters. The molecule has 0 radical (unpaired) electrons. The normalized spacial score (nSPS) is 21.4. The molecule has 0 spiro atoms. The molecule has 2 rings (SSSR count). The average molecular weight is 274 g/mol. The van der Waals surface area contributed by atoms with E-state index in [9.17, 15) is 8.42 Å². The first-order chi connectivity index (χ1) is 8.08. The summed E-state index contributed by atoms with van der Waals surface area (Å²) in [6.45, 7) is 1.79. The van der Waals surface area contributed by atoms with Gasteiger partial charge in [0.2, 0.25) is 0 Å². The van der Waals surface area contributed by atoms with Gasteiger partial charge in [0.25, 0.3) is 0 Å². The van der Waals surface area contributed by atoms with Crippen LogP contribution in [0.5, 0.6) is 0 Å². The van der Waals surface area contributed by atoms with Gasteiger partial charge in [0, 0.05) is 5.02 Å². The van der Waals surface area contributed by atoms with Gasteiger partial charge in [-0.2, -0.15) is 0 Å². The number of benzene rings is 1. The van der Waals surface area contributed by atoms with Gasteiger partial charge < -0.3 is 5.32 Å². The summed E-state index contributed by atoms with van der Waals surface area (Å²) in [5, 5.41) is 3.70. The molecule has 0 aliphatic carbocycles. The zero-order valence-corrected chi connectivity index (χ0v) is 11.1. The highest BCUT2D eigenvalue weighted by atomic mass is 35.5. The summed E-state index contributed by atoms with van der Waals surface area (Å²) in [4.78, 5) is 0.329. The third-order valence-corrected chi connectivity index (χ3v) is 5.13. The first-order valence-corrected chi connectivity index (χ1v) is 7.80. The predicted molar refractivity (Wildman–Crippen MR) is 69.1 cm³/mol. The third-order valence-electron chi connectivity index (χ3n) is 3.01. The van der Waals surface area contributed by atoms with Crippen LogP contribution in [0.25, 0.3) is 0 Å². The molecule has 3 nitrogen and oxygen atoms in total. The molecule has 0 saturated carbocycles. The van der Waals surface area contributed by atoms with Gasteiger partial charge in [-0.15, -0.1) is 0 Å². The highest BCUT2D eigenvalue weighted by molar-refractivity contribution is 7.91. The molecule has 1 fully saturated rings. The van der Waals surface area contributed by atoms with Crippen LogP contribution in [-0.4, -0.2) is 27.3 Å². The monoisotopic (exact) mass is 273 g/mol. The van der Waals surface area contributed by atoms with Crippen molar-refractivity contribution in [3.8, 4) is 0 Å². The summed E-state index contributed by atoms with van der Waals surface area (Å²) in [6.07, 6.45) is 2.03. The molecular weight excluding hydrogens is 258 g/mol.